The first-order chi connectivity index (χ1) is 11.6. The number of carbonyl (C=O) groups is 2. The number of thioether (sulfide) groups is 1. The minimum atomic E-state index is -0.409. The van der Waals surface area contributed by atoms with Gasteiger partial charge in [-0.2, -0.15) is 0 Å². The van der Waals surface area contributed by atoms with E-state index < -0.39 is 11.8 Å². The summed E-state index contributed by atoms with van der Waals surface area (Å²) in [6, 6.07) is 11.1. The second kappa shape index (κ2) is 7.41. The van der Waals surface area contributed by atoms with Gasteiger partial charge < -0.3 is 4.42 Å². The van der Waals surface area contributed by atoms with Crippen molar-refractivity contribution in [2.24, 2.45) is 0 Å². The second-order valence-corrected chi connectivity index (χ2v) is 6.76. The summed E-state index contributed by atoms with van der Waals surface area (Å²) in [4.78, 5) is 24.1. The SMILES string of the molecule is Cc1ccc(-c2nnc(SCC(=O)NC(=O)c3cccs3)o2)cc1. The Hall–Kier alpha value is -2.45. The molecule has 0 saturated heterocycles. The summed E-state index contributed by atoms with van der Waals surface area (Å²) in [6.07, 6.45) is 0. The fourth-order valence-corrected chi connectivity index (χ4v) is 3.02. The fraction of sp³-hybridized carbons (Fsp3) is 0.125. The molecule has 2 heterocycles. The smallest absolute Gasteiger partial charge is 0.277 e. The summed E-state index contributed by atoms with van der Waals surface area (Å²) in [6.45, 7) is 2.00. The number of carbonyl (C=O) groups excluding carboxylic acids is 2. The first-order valence-corrected chi connectivity index (χ1v) is 8.89. The van der Waals surface area contributed by atoms with Crippen LogP contribution in [0.4, 0.5) is 0 Å². The predicted octanol–water partition coefficient (Wildman–Crippen LogP) is 3.16. The van der Waals surface area contributed by atoms with Crippen LogP contribution in [-0.4, -0.2) is 27.8 Å². The third-order valence-corrected chi connectivity index (χ3v) is 4.72. The lowest BCUT2D eigenvalue weighted by Gasteiger charge is -2.00. The van der Waals surface area contributed by atoms with Crippen LogP contribution in [0.15, 0.2) is 51.4 Å². The monoisotopic (exact) mass is 359 g/mol. The summed E-state index contributed by atoms with van der Waals surface area (Å²) in [7, 11) is 0. The zero-order valence-corrected chi connectivity index (χ0v) is 14.3. The Labute approximate surface area is 146 Å². The molecule has 0 fully saturated rings. The molecule has 0 atom stereocenters. The third-order valence-electron chi connectivity index (χ3n) is 3.03. The maximum absolute atomic E-state index is 11.8. The molecule has 1 aromatic carbocycles. The van der Waals surface area contributed by atoms with Gasteiger partial charge in [0.2, 0.25) is 11.8 Å². The van der Waals surface area contributed by atoms with Crippen molar-refractivity contribution in [3.05, 3.63) is 52.2 Å². The molecular weight excluding hydrogens is 346 g/mol. The average Bonchev–Trinajstić information content (AvgIpc) is 3.25. The Morgan fingerprint density at radius 2 is 2.00 bits per heavy atom. The maximum atomic E-state index is 11.8. The van der Waals surface area contributed by atoms with Crippen molar-refractivity contribution in [3.63, 3.8) is 0 Å². The Morgan fingerprint density at radius 3 is 2.71 bits per heavy atom. The third kappa shape index (κ3) is 4.09. The van der Waals surface area contributed by atoms with Crippen LogP contribution in [0.3, 0.4) is 0 Å². The zero-order valence-electron chi connectivity index (χ0n) is 12.7. The highest BCUT2D eigenvalue weighted by Crippen LogP contribution is 2.23. The van der Waals surface area contributed by atoms with Crippen LogP contribution < -0.4 is 5.32 Å². The van der Waals surface area contributed by atoms with Gasteiger partial charge in [0.1, 0.15) is 0 Å². The van der Waals surface area contributed by atoms with Crippen molar-refractivity contribution >= 4 is 34.9 Å². The van der Waals surface area contributed by atoms with Gasteiger partial charge in [0.05, 0.1) is 10.6 Å². The summed E-state index contributed by atoms with van der Waals surface area (Å²) in [5.41, 5.74) is 1.96. The predicted molar refractivity (Wildman–Crippen MR) is 92.0 cm³/mol. The molecule has 24 heavy (non-hydrogen) atoms. The lowest BCUT2D eigenvalue weighted by Crippen LogP contribution is -2.31. The topological polar surface area (TPSA) is 85.1 Å². The normalized spacial score (nSPS) is 10.5. The molecule has 2 aromatic heterocycles. The highest BCUT2D eigenvalue weighted by Gasteiger charge is 2.14. The van der Waals surface area contributed by atoms with E-state index in [1.165, 1.54) is 11.3 Å². The maximum Gasteiger partial charge on any atom is 0.277 e. The van der Waals surface area contributed by atoms with Crippen LogP contribution in [0.25, 0.3) is 11.5 Å². The van der Waals surface area contributed by atoms with Gasteiger partial charge in [0.15, 0.2) is 0 Å². The Kier molecular flexibility index (Phi) is 5.07. The number of hydrogen-bond acceptors (Lipinski definition) is 7. The Morgan fingerprint density at radius 1 is 1.21 bits per heavy atom. The number of imide groups is 1. The molecule has 0 aliphatic rings. The number of rotatable bonds is 5. The molecule has 2 amide bonds. The molecule has 0 aliphatic carbocycles. The van der Waals surface area contributed by atoms with Gasteiger partial charge in [0, 0.05) is 5.56 Å². The van der Waals surface area contributed by atoms with Gasteiger partial charge >= 0.3 is 0 Å². The summed E-state index contributed by atoms with van der Waals surface area (Å²) >= 11 is 2.36. The number of amides is 2. The van der Waals surface area contributed by atoms with Crippen LogP contribution in [0.1, 0.15) is 15.2 Å². The van der Waals surface area contributed by atoms with E-state index in [2.05, 4.69) is 15.5 Å². The molecular formula is C16H13N3O3S2. The van der Waals surface area contributed by atoms with E-state index in [0.29, 0.717) is 10.8 Å². The molecule has 3 aromatic rings. The lowest BCUT2D eigenvalue weighted by molar-refractivity contribution is -0.117. The van der Waals surface area contributed by atoms with Crippen LogP contribution >= 0.6 is 23.1 Å². The van der Waals surface area contributed by atoms with Gasteiger partial charge in [0.25, 0.3) is 11.1 Å². The van der Waals surface area contributed by atoms with E-state index in [0.717, 1.165) is 22.9 Å². The van der Waals surface area contributed by atoms with Crippen molar-refractivity contribution < 1.29 is 14.0 Å². The number of nitrogens with one attached hydrogen (secondary N) is 1. The van der Waals surface area contributed by atoms with Gasteiger partial charge in [-0.25, -0.2) is 0 Å². The van der Waals surface area contributed by atoms with E-state index in [1.807, 2.05) is 31.2 Å². The lowest BCUT2D eigenvalue weighted by atomic mass is 10.1. The highest BCUT2D eigenvalue weighted by molar-refractivity contribution is 7.99. The van der Waals surface area contributed by atoms with E-state index in [-0.39, 0.29) is 11.0 Å². The molecule has 122 valence electrons. The van der Waals surface area contributed by atoms with Gasteiger partial charge in [-0.05, 0) is 30.5 Å². The Bertz CT molecular complexity index is 842. The number of thiophene rings is 1. The first kappa shape index (κ1) is 16.4. The van der Waals surface area contributed by atoms with Crippen molar-refractivity contribution in [1.82, 2.24) is 15.5 Å². The van der Waals surface area contributed by atoms with E-state index in [4.69, 9.17) is 4.42 Å². The first-order valence-electron chi connectivity index (χ1n) is 7.03. The van der Waals surface area contributed by atoms with Gasteiger partial charge in [-0.3, -0.25) is 14.9 Å². The number of hydrogen-bond donors (Lipinski definition) is 1. The van der Waals surface area contributed by atoms with Crippen LogP contribution in [0.2, 0.25) is 0 Å². The minimum Gasteiger partial charge on any atom is -0.411 e. The molecule has 3 rings (SSSR count). The largest absolute Gasteiger partial charge is 0.411 e. The Balaban J connectivity index is 1.54. The van der Waals surface area contributed by atoms with Crippen LogP contribution in [0, 0.1) is 6.92 Å². The molecule has 6 nitrogen and oxygen atoms in total. The van der Waals surface area contributed by atoms with Gasteiger partial charge in [-0.15, -0.1) is 21.5 Å². The van der Waals surface area contributed by atoms with Crippen molar-refractivity contribution in [2.75, 3.05) is 5.75 Å². The van der Waals surface area contributed by atoms with E-state index >= 15 is 0 Å². The van der Waals surface area contributed by atoms with Crippen molar-refractivity contribution in [2.45, 2.75) is 12.1 Å². The van der Waals surface area contributed by atoms with Crippen molar-refractivity contribution in [3.8, 4) is 11.5 Å². The quantitative estimate of drug-likeness (QED) is 0.705. The molecule has 8 heteroatoms. The van der Waals surface area contributed by atoms with Crippen LogP contribution in [0.5, 0.6) is 0 Å². The van der Waals surface area contributed by atoms with E-state index in [9.17, 15) is 9.59 Å². The van der Waals surface area contributed by atoms with Gasteiger partial charge in [-0.1, -0.05) is 35.5 Å². The number of aromatic nitrogens is 2. The molecule has 0 aliphatic heterocycles. The molecule has 0 radical (unpaired) electrons. The number of aryl methyl sites for hydroxylation is 1. The number of nitrogens with zero attached hydrogens (tertiary/aromatic N) is 2. The summed E-state index contributed by atoms with van der Waals surface area (Å²) < 4.78 is 5.52. The number of benzene rings is 1. The highest BCUT2D eigenvalue weighted by atomic mass is 32.2. The molecule has 0 bridgehead atoms. The summed E-state index contributed by atoms with van der Waals surface area (Å²) in [5.74, 6) is -0.394. The van der Waals surface area contributed by atoms with E-state index in [1.54, 1.807) is 17.5 Å². The minimum absolute atomic E-state index is 0.0205. The molecule has 0 unspecified atom stereocenters. The molecule has 0 saturated carbocycles. The molecule has 0 spiro atoms. The van der Waals surface area contributed by atoms with Crippen molar-refractivity contribution in [1.29, 1.82) is 0 Å². The van der Waals surface area contributed by atoms with Crippen LogP contribution in [-0.2, 0) is 4.79 Å². The average molecular weight is 359 g/mol. The summed E-state index contributed by atoms with van der Waals surface area (Å²) in [5, 5.41) is 12.2. The standard InChI is InChI=1S/C16H13N3O3S2/c1-10-4-6-11(7-5-10)15-18-19-16(22-15)24-9-13(20)17-14(21)12-3-2-8-23-12/h2-8H,9H2,1H3,(H,17,20,21). The fourth-order valence-electron chi connectivity index (χ4n) is 1.84. The zero-order chi connectivity index (χ0) is 16.9. The second-order valence-electron chi connectivity index (χ2n) is 4.88. The molecule has 1 N–H and O–H groups in total.